The Morgan fingerprint density at radius 3 is 1.35 bits per heavy atom. The first-order valence-electron chi connectivity index (χ1n) is 17.6. The van der Waals surface area contributed by atoms with Gasteiger partial charge in [-0.05, 0) is 51.4 Å². The summed E-state index contributed by atoms with van der Waals surface area (Å²) in [5, 5.41) is 68.4. The van der Waals surface area contributed by atoms with Crippen molar-refractivity contribution in [2.75, 3.05) is 26.4 Å². The Kier molecular flexibility index (Phi) is 38.4. The van der Waals surface area contributed by atoms with E-state index < -0.39 is 49.3 Å². The maximum Gasteiger partial charge on any atom is 0.329 e. The van der Waals surface area contributed by atoms with E-state index in [9.17, 15) is 19.5 Å². The Balaban J connectivity index is -0.000000756. The molecule has 1 heterocycles. The highest BCUT2D eigenvalue weighted by Gasteiger charge is 2.36. The second-order valence-electron chi connectivity index (χ2n) is 12.1. The number of hydrogen-bond donors (Lipinski definition) is 8. The highest BCUT2D eigenvalue weighted by Crippen LogP contribution is 2.31. The van der Waals surface area contributed by atoms with Crippen LogP contribution in [0.4, 0.5) is 0 Å². The lowest BCUT2D eigenvalue weighted by molar-refractivity contribution is -0.147. The molecular formula is C35H68O14. The molecule has 0 spiro atoms. The van der Waals surface area contributed by atoms with E-state index in [1.165, 1.54) is 25.7 Å². The molecule has 0 aromatic rings. The van der Waals surface area contributed by atoms with Gasteiger partial charge in [0.1, 0.15) is 13.2 Å². The Bertz CT molecular complexity index is 794. The monoisotopic (exact) mass is 712 g/mol. The van der Waals surface area contributed by atoms with E-state index in [0.29, 0.717) is 50.9 Å². The van der Waals surface area contributed by atoms with Gasteiger partial charge in [0.05, 0.1) is 24.4 Å². The van der Waals surface area contributed by atoms with E-state index in [0.717, 1.165) is 77.0 Å². The minimum absolute atomic E-state index is 0. The number of epoxide rings is 1. The molecule has 0 amide bonds. The van der Waals surface area contributed by atoms with Crippen LogP contribution >= 0.6 is 0 Å². The van der Waals surface area contributed by atoms with Crippen LogP contribution in [0.15, 0.2) is 0 Å². The van der Waals surface area contributed by atoms with Crippen LogP contribution in [-0.2, 0) is 28.7 Å². The Labute approximate surface area is 292 Å². The van der Waals surface area contributed by atoms with Crippen molar-refractivity contribution in [1.29, 1.82) is 0 Å². The van der Waals surface area contributed by atoms with Gasteiger partial charge < -0.3 is 50.3 Å². The van der Waals surface area contributed by atoms with Crippen LogP contribution in [0.25, 0.3) is 0 Å². The van der Waals surface area contributed by atoms with E-state index in [-0.39, 0.29) is 20.5 Å². The predicted octanol–water partition coefficient (Wildman–Crippen LogP) is 5.01. The normalized spacial score (nSPS) is 15.8. The summed E-state index contributed by atoms with van der Waals surface area (Å²) in [6.45, 7) is -0.689. The van der Waals surface area contributed by atoms with Gasteiger partial charge in [-0.2, -0.15) is 0 Å². The summed E-state index contributed by atoms with van der Waals surface area (Å²) >= 11 is 0. The maximum absolute atomic E-state index is 10.7. The number of carboxylic acid groups (broad SMARTS) is 4. The molecular weight excluding hydrogens is 644 g/mol. The minimum Gasteiger partial charge on any atom is -0.481 e. The van der Waals surface area contributed by atoms with Crippen LogP contribution in [0.3, 0.4) is 0 Å². The summed E-state index contributed by atoms with van der Waals surface area (Å²) in [5.74, 6) is -3.76. The zero-order valence-electron chi connectivity index (χ0n) is 28.7. The largest absolute Gasteiger partial charge is 0.481 e. The number of aliphatic hydroxyl groups excluding tert-OH is 4. The summed E-state index contributed by atoms with van der Waals surface area (Å²) in [6.07, 6.45) is 18.6. The fourth-order valence-electron chi connectivity index (χ4n) is 5.02. The van der Waals surface area contributed by atoms with E-state index in [4.69, 9.17) is 50.0 Å². The molecule has 0 aromatic heterocycles. The van der Waals surface area contributed by atoms with Crippen LogP contribution in [0.5, 0.6) is 0 Å². The topological polar surface area (TPSA) is 252 Å². The van der Waals surface area contributed by atoms with Gasteiger partial charge >= 0.3 is 23.9 Å². The van der Waals surface area contributed by atoms with Crippen molar-refractivity contribution in [2.24, 2.45) is 0 Å². The quantitative estimate of drug-likeness (QED) is 0.0348. The molecule has 8 N–H and O–H groups in total. The summed E-state index contributed by atoms with van der Waals surface area (Å²) in [5.41, 5.74) is 0. The summed E-state index contributed by atoms with van der Waals surface area (Å²) in [4.78, 5) is 40.5. The van der Waals surface area contributed by atoms with Gasteiger partial charge in [-0.1, -0.05) is 84.5 Å². The molecule has 3 unspecified atom stereocenters. The lowest BCUT2D eigenvalue weighted by atomic mass is 10.00. The molecule has 0 aliphatic carbocycles. The molecule has 14 nitrogen and oxygen atoms in total. The Morgan fingerprint density at radius 2 is 0.918 bits per heavy atom. The number of rotatable bonds is 31. The van der Waals surface area contributed by atoms with Crippen molar-refractivity contribution in [3.63, 3.8) is 0 Å². The van der Waals surface area contributed by atoms with Crippen molar-refractivity contribution < 1.29 is 69.5 Å². The van der Waals surface area contributed by atoms with Crippen LogP contribution in [0.2, 0.25) is 0 Å². The standard InChI is InChI=1S/C17H32O7.C15H28O4.C2H4O3.CH4/c18-12-8-3-1-2-6-10-15(24-13-17(22)23)14(19)9-5-4-7-11-16(20)21;16-12-8-3-1-2-5-9-13-14(19-13)10-6-4-7-11-15(17)18;3-1-2(4)5;/h14-15,18-19H,1-13H2,(H,20,21)(H,22,23);13-14,16H,1-12H2,(H,17,18);3H,1H2,(H,4,5);1H4/t;13?,14-;;/m.1../s1. The number of carboxylic acids is 4. The predicted molar refractivity (Wildman–Crippen MR) is 185 cm³/mol. The van der Waals surface area contributed by atoms with E-state index in [1.54, 1.807) is 0 Å². The number of aliphatic hydroxyl groups is 4. The number of carbonyl (C=O) groups is 4. The van der Waals surface area contributed by atoms with Crippen LogP contribution < -0.4 is 0 Å². The highest BCUT2D eigenvalue weighted by molar-refractivity contribution is 5.68. The maximum atomic E-state index is 10.7. The van der Waals surface area contributed by atoms with Gasteiger partial charge in [-0.3, -0.25) is 9.59 Å². The third-order valence-electron chi connectivity index (χ3n) is 7.74. The summed E-state index contributed by atoms with van der Waals surface area (Å²) in [6, 6.07) is 0. The number of hydrogen-bond acceptors (Lipinski definition) is 10. The molecule has 1 aliphatic rings. The highest BCUT2D eigenvalue weighted by atomic mass is 16.6. The number of unbranched alkanes of at least 4 members (excludes halogenated alkanes) is 12. The molecule has 1 rings (SSSR count). The molecule has 0 bridgehead atoms. The second-order valence-corrected chi connectivity index (χ2v) is 12.1. The second kappa shape index (κ2) is 36.9. The molecule has 0 radical (unpaired) electrons. The van der Waals surface area contributed by atoms with E-state index in [1.807, 2.05) is 0 Å². The van der Waals surface area contributed by atoms with Gasteiger partial charge in [0.25, 0.3) is 0 Å². The molecule has 14 heteroatoms. The van der Waals surface area contributed by atoms with E-state index >= 15 is 0 Å². The van der Waals surface area contributed by atoms with Crippen molar-refractivity contribution >= 4 is 23.9 Å². The van der Waals surface area contributed by atoms with E-state index in [2.05, 4.69) is 0 Å². The van der Waals surface area contributed by atoms with Gasteiger partial charge in [0.15, 0.2) is 0 Å². The van der Waals surface area contributed by atoms with Crippen molar-refractivity contribution in [1.82, 2.24) is 0 Å². The fraction of sp³-hybridized carbons (Fsp3) is 0.886. The SMILES string of the molecule is C.O=C(O)CCCCCC(O)C(CCCCCCCO)OCC(=O)O.O=C(O)CCCCC[C@H]1OC1CCCCCCCO.O=C(O)CO. The van der Waals surface area contributed by atoms with Crippen molar-refractivity contribution in [3.8, 4) is 0 Å². The molecule has 1 saturated heterocycles. The van der Waals surface area contributed by atoms with Gasteiger partial charge in [0, 0.05) is 26.1 Å². The molecule has 292 valence electrons. The smallest absolute Gasteiger partial charge is 0.329 e. The van der Waals surface area contributed by atoms with Crippen LogP contribution in [-0.4, -0.2) is 116 Å². The van der Waals surface area contributed by atoms with Gasteiger partial charge in [-0.25, -0.2) is 9.59 Å². The first-order valence-corrected chi connectivity index (χ1v) is 17.6. The Morgan fingerprint density at radius 1 is 0.531 bits per heavy atom. The Hall–Kier alpha value is -2.36. The lowest BCUT2D eigenvalue weighted by Crippen LogP contribution is -2.31. The molecule has 0 saturated carbocycles. The van der Waals surface area contributed by atoms with Crippen LogP contribution in [0, 0.1) is 0 Å². The summed E-state index contributed by atoms with van der Waals surface area (Å²) in [7, 11) is 0. The number of aliphatic carboxylic acids is 4. The number of ether oxygens (including phenoxy) is 2. The zero-order valence-corrected chi connectivity index (χ0v) is 28.7. The summed E-state index contributed by atoms with van der Waals surface area (Å²) < 4.78 is 10.9. The zero-order chi connectivity index (χ0) is 36.4. The van der Waals surface area contributed by atoms with Gasteiger partial charge in [-0.15, -0.1) is 0 Å². The average Bonchev–Trinajstić information content (AvgIpc) is 3.79. The third-order valence-corrected chi connectivity index (χ3v) is 7.74. The lowest BCUT2D eigenvalue weighted by Gasteiger charge is -2.23. The average molecular weight is 713 g/mol. The van der Waals surface area contributed by atoms with Crippen molar-refractivity contribution in [2.45, 2.75) is 173 Å². The van der Waals surface area contributed by atoms with Gasteiger partial charge in [0.2, 0.25) is 0 Å². The minimum atomic E-state index is -1.19. The van der Waals surface area contributed by atoms with Crippen LogP contribution in [0.1, 0.15) is 149 Å². The molecule has 1 aliphatic heterocycles. The third kappa shape index (κ3) is 40.0. The molecule has 0 aromatic carbocycles. The first-order chi connectivity index (χ1) is 23.0. The molecule has 1 fully saturated rings. The van der Waals surface area contributed by atoms with Crippen molar-refractivity contribution in [3.05, 3.63) is 0 Å². The fourth-order valence-corrected chi connectivity index (χ4v) is 5.02. The first kappa shape index (κ1) is 51.0. The molecule has 4 atom stereocenters. The molecule has 49 heavy (non-hydrogen) atoms.